The van der Waals surface area contributed by atoms with Crippen molar-refractivity contribution in [3.8, 4) is 5.75 Å². The molecule has 1 amide bonds. The van der Waals surface area contributed by atoms with Gasteiger partial charge in [0.1, 0.15) is 30.0 Å². The summed E-state index contributed by atoms with van der Waals surface area (Å²) in [5.41, 5.74) is 1.24. The summed E-state index contributed by atoms with van der Waals surface area (Å²) in [6, 6.07) is 5.39. The van der Waals surface area contributed by atoms with Crippen LogP contribution in [-0.4, -0.2) is 211 Å². The number of anilines is 1. The highest BCUT2D eigenvalue weighted by Crippen LogP contribution is 2.40. The van der Waals surface area contributed by atoms with Gasteiger partial charge in [0.2, 0.25) is 40.7 Å². The fourth-order valence-corrected chi connectivity index (χ4v) is 11.5. The van der Waals surface area contributed by atoms with Gasteiger partial charge in [0.15, 0.2) is 17.9 Å². The first-order chi connectivity index (χ1) is 45.8. The minimum Gasteiger partial charge on any atom is -0.461 e. The first kappa shape index (κ1) is 80.9. The van der Waals surface area contributed by atoms with Gasteiger partial charge in [-0.15, -0.1) is 0 Å². The average Bonchev–Trinajstić information content (AvgIpc) is 0.776. The SMILES string of the molecule is CNc1ccc(C(=O)C[C@H](O)CC[C@H](C)C2OC(=O)C[C@H](O)CC(=O)C[C@H](O)C[C@H](O)C[C@H](O)C[C@H](O)C[C@]3(O)C[C@H](O)[C@@H](C(=O)Oc4c(F)c(F)c(F)c(F)c4F)C(C[C@@H](O[C@@H]4O[C@H](C)[C@@H](O)[C@H](NC(=O)CN(C)C)[C@@H]4O)/C=C/C=C/C=C/C=C\C=C/C=C/C=C/[C@@H]2C)O3)cc1. The van der Waals surface area contributed by atoms with Crippen molar-refractivity contribution in [1.82, 2.24) is 10.2 Å². The number of benzene rings is 2. The Bertz CT molecular complexity index is 3100. The zero-order valence-electron chi connectivity index (χ0n) is 54.9. The van der Waals surface area contributed by atoms with E-state index in [0.717, 1.165) is 5.69 Å². The van der Waals surface area contributed by atoms with Gasteiger partial charge in [-0.25, -0.2) is 13.2 Å². The van der Waals surface area contributed by atoms with Gasteiger partial charge < -0.3 is 90.3 Å². The molecular formula is C69H92F5N3O20. The molecule has 3 heterocycles. The molecule has 538 valence electrons. The highest BCUT2D eigenvalue weighted by Gasteiger charge is 2.52. The molecule has 5 rings (SSSR count). The number of nitrogens with one attached hydrogen (secondary N) is 2. The second kappa shape index (κ2) is 39.2. The number of aliphatic hydroxyl groups is 10. The number of rotatable bonds is 15. The van der Waals surface area contributed by atoms with Crippen LogP contribution in [-0.2, 0) is 38.1 Å². The Hall–Kier alpha value is -6.74. The van der Waals surface area contributed by atoms with Crippen molar-refractivity contribution in [3.63, 3.8) is 0 Å². The molecule has 0 saturated carbocycles. The number of carbonyl (C=O) groups excluding carboxylic acids is 5. The molecule has 0 aliphatic carbocycles. The number of carbonyl (C=O) groups is 5. The minimum absolute atomic E-state index is 0.144. The largest absolute Gasteiger partial charge is 0.461 e. The van der Waals surface area contributed by atoms with Crippen LogP contribution in [0.2, 0.25) is 0 Å². The third-order valence-electron chi connectivity index (χ3n) is 16.5. The smallest absolute Gasteiger partial charge is 0.319 e. The molecule has 0 spiro atoms. The Balaban J connectivity index is 1.44. The predicted octanol–water partition coefficient (Wildman–Crippen LogP) is 4.68. The third kappa shape index (κ3) is 25.8. The summed E-state index contributed by atoms with van der Waals surface area (Å²) >= 11 is 0. The summed E-state index contributed by atoms with van der Waals surface area (Å²) in [5.74, 6) is -24.7. The molecule has 2 unspecified atom stereocenters. The first-order valence-corrected chi connectivity index (χ1v) is 32.0. The highest BCUT2D eigenvalue weighted by atomic mass is 19.2. The standard InChI is InChI=1S/C69H92F5N3O20/c1-38-19-17-15-13-11-9-7-8-10-12-14-16-18-20-50(94-68-64(90)62(63(89)40(3)93-68)76-54(87)37-77(5)6)34-53-56(67(91)96-66-60(73)58(71)57(70)59(72)61(66)74)52(86)36-69(92,97-53)35-49(84)31-47(82)29-45(80)27-44(79)28-46(81)30-48(83)33-55(88)95-65(38)39(2)21-26-43(78)32-51(85)41-22-24-42(75-4)25-23-41/h7-20,22-25,38-40,43-45,47-50,52-53,56,62-65,68,75,78-80,82-84,86,89-90,92H,21,26-37H2,1-6H3,(H,76,87)/b8-7-,11-9-,12-10+,15-13+,16-14+,19-17+,20-18+/t38-,39-,40+,43+,44+,45-,47-,48+,49-,50-,52-,53?,56+,62-,63+,64-,65?,68-,69+/m0/s1. The van der Waals surface area contributed by atoms with Gasteiger partial charge in [0.25, 0.3) is 0 Å². The molecule has 0 radical (unpaired) electrons. The lowest BCUT2D eigenvalue weighted by molar-refractivity contribution is -0.308. The van der Waals surface area contributed by atoms with Crippen LogP contribution >= 0.6 is 0 Å². The number of likely N-dealkylation sites (N-methyl/N-ethyl adjacent to an activating group) is 1. The quantitative estimate of drug-likeness (QED) is 0.0287. The summed E-state index contributed by atoms with van der Waals surface area (Å²) in [4.78, 5) is 67.9. The van der Waals surface area contributed by atoms with Crippen LogP contribution in [0.4, 0.5) is 27.6 Å². The average molecular weight is 1380 g/mol. The number of esters is 2. The maximum atomic E-state index is 15.0. The van der Waals surface area contributed by atoms with Crippen LogP contribution in [0.25, 0.3) is 0 Å². The molecule has 19 atom stereocenters. The Morgan fingerprint density at radius 1 is 0.680 bits per heavy atom. The summed E-state index contributed by atoms with van der Waals surface area (Å²) in [7, 11) is 4.93. The molecular weight excluding hydrogens is 1290 g/mol. The van der Waals surface area contributed by atoms with Crippen molar-refractivity contribution in [2.75, 3.05) is 33.0 Å². The van der Waals surface area contributed by atoms with E-state index in [2.05, 4.69) is 10.6 Å². The van der Waals surface area contributed by atoms with E-state index in [1.807, 2.05) is 6.92 Å². The van der Waals surface area contributed by atoms with Crippen LogP contribution in [0.15, 0.2) is 109 Å². The molecule has 12 N–H and O–H groups in total. The zero-order chi connectivity index (χ0) is 71.8. The molecule has 3 aliphatic rings. The summed E-state index contributed by atoms with van der Waals surface area (Å²) < 4.78 is 102. The molecule has 23 nitrogen and oxygen atoms in total. The number of hydrogen-bond acceptors (Lipinski definition) is 22. The van der Waals surface area contributed by atoms with Crippen LogP contribution in [0.3, 0.4) is 0 Å². The number of aliphatic hydroxyl groups excluding tert-OH is 9. The van der Waals surface area contributed by atoms with Crippen LogP contribution in [0.1, 0.15) is 108 Å². The number of halogens is 5. The van der Waals surface area contributed by atoms with Crippen molar-refractivity contribution in [1.29, 1.82) is 0 Å². The van der Waals surface area contributed by atoms with Crippen molar-refractivity contribution < 1.29 is 121 Å². The normalized spacial score (nSPS) is 33.4. The van der Waals surface area contributed by atoms with Gasteiger partial charge in [0.05, 0.1) is 80.0 Å². The number of allylic oxidation sites excluding steroid dienone is 12. The summed E-state index contributed by atoms with van der Waals surface area (Å²) in [6.07, 6.45) is -4.96. The topological polar surface area (TPSA) is 361 Å². The number of hydrogen-bond donors (Lipinski definition) is 12. The fourth-order valence-electron chi connectivity index (χ4n) is 11.5. The zero-order valence-corrected chi connectivity index (χ0v) is 54.9. The van der Waals surface area contributed by atoms with E-state index in [1.165, 1.54) is 30.1 Å². The molecule has 0 aromatic heterocycles. The van der Waals surface area contributed by atoms with Crippen molar-refractivity contribution in [2.24, 2.45) is 17.8 Å². The first-order valence-electron chi connectivity index (χ1n) is 32.0. The van der Waals surface area contributed by atoms with Gasteiger partial charge in [0, 0.05) is 62.7 Å². The highest BCUT2D eigenvalue weighted by molar-refractivity contribution is 5.96. The van der Waals surface area contributed by atoms with E-state index in [4.69, 9.17) is 23.7 Å². The number of ketones is 2. The number of fused-ring (bicyclic) bond motifs is 2. The van der Waals surface area contributed by atoms with Gasteiger partial charge >= 0.3 is 11.9 Å². The maximum Gasteiger partial charge on any atom is 0.319 e. The van der Waals surface area contributed by atoms with E-state index >= 15 is 8.78 Å². The van der Waals surface area contributed by atoms with Crippen molar-refractivity contribution >= 4 is 35.1 Å². The lowest BCUT2D eigenvalue weighted by Crippen LogP contribution is -2.64. The number of nitrogens with zero attached hydrogens (tertiary/aromatic N) is 1. The number of ether oxygens (including phenoxy) is 5. The van der Waals surface area contributed by atoms with E-state index in [1.54, 1.807) is 119 Å². The summed E-state index contributed by atoms with van der Waals surface area (Å²) in [5, 5.41) is 118. The molecule has 3 aliphatic heterocycles. The van der Waals surface area contributed by atoms with Gasteiger partial charge in [-0.3, -0.25) is 24.0 Å². The molecule has 28 heteroatoms. The van der Waals surface area contributed by atoms with Gasteiger partial charge in [-0.05, 0) is 83.3 Å². The lowest BCUT2D eigenvalue weighted by atomic mass is 9.82. The van der Waals surface area contributed by atoms with Gasteiger partial charge in [-0.1, -0.05) is 98.9 Å². The van der Waals surface area contributed by atoms with Crippen molar-refractivity contribution in [2.45, 2.75) is 195 Å². The van der Waals surface area contributed by atoms with Crippen LogP contribution in [0, 0.1) is 46.8 Å². The molecule has 2 aromatic rings. The second-order valence-electron chi connectivity index (χ2n) is 25.2. The van der Waals surface area contributed by atoms with E-state index in [0.29, 0.717) is 12.0 Å². The Morgan fingerprint density at radius 3 is 1.79 bits per heavy atom. The lowest BCUT2D eigenvalue weighted by Gasteiger charge is -2.46. The molecule has 97 heavy (non-hydrogen) atoms. The number of Topliss-reactive ketones (excluding diaryl/α,β-unsaturated/α-hetero) is 2. The number of amides is 1. The third-order valence-corrected chi connectivity index (χ3v) is 16.5. The Kier molecular flexibility index (Phi) is 32.7. The predicted molar refractivity (Wildman–Crippen MR) is 342 cm³/mol. The molecule has 2 bridgehead atoms. The number of cyclic esters (lactones) is 1. The Labute approximate surface area is 559 Å². The van der Waals surface area contributed by atoms with Crippen LogP contribution < -0.4 is 15.4 Å². The molecule has 2 aromatic carbocycles. The summed E-state index contributed by atoms with van der Waals surface area (Å²) in [6.45, 7) is 4.84. The van der Waals surface area contributed by atoms with Crippen molar-refractivity contribution in [3.05, 3.63) is 144 Å². The monoisotopic (exact) mass is 1380 g/mol. The maximum absolute atomic E-state index is 15.0. The van der Waals surface area contributed by atoms with E-state index in [-0.39, 0.29) is 31.1 Å². The van der Waals surface area contributed by atoms with E-state index < -0.39 is 226 Å². The molecule has 2 saturated heterocycles. The van der Waals surface area contributed by atoms with E-state index in [9.17, 15) is 88.2 Å². The van der Waals surface area contributed by atoms with Crippen LogP contribution in [0.5, 0.6) is 5.75 Å². The van der Waals surface area contributed by atoms with Gasteiger partial charge in [-0.2, -0.15) is 8.78 Å². The second-order valence-corrected chi connectivity index (χ2v) is 25.2. The minimum atomic E-state index is -2.71. The molecule has 2 fully saturated rings. The fraction of sp³-hybridized carbons (Fsp3) is 0.551. The Morgan fingerprint density at radius 2 is 1.22 bits per heavy atom.